The van der Waals surface area contributed by atoms with Crippen LogP contribution in [0.5, 0.6) is 0 Å². The largest absolute Gasteiger partial charge is 0.359 e. The van der Waals surface area contributed by atoms with Crippen molar-refractivity contribution in [3.05, 3.63) is 57.6 Å². The Morgan fingerprint density at radius 3 is 2.60 bits per heavy atom. The van der Waals surface area contributed by atoms with Gasteiger partial charge in [-0.25, -0.2) is 4.79 Å². The summed E-state index contributed by atoms with van der Waals surface area (Å²) in [5.74, 6) is -0.645. The van der Waals surface area contributed by atoms with Gasteiger partial charge in [0.15, 0.2) is 0 Å². The van der Waals surface area contributed by atoms with Gasteiger partial charge in [0.05, 0.1) is 5.69 Å². The highest BCUT2D eigenvalue weighted by molar-refractivity contribution is 9.10. The number of aliphatic hydroxyl groups is 1. The molecule has 2 aromatic rings. The fraction of sp³-hybridized carbons (Fsp3) is 0.364. The molecule has 1 heterocycles. The standard InChI is InChI=1S/C22H27BrN4O3/c1-14-6-8-17(12-15(14)2)27-21(29)25-19-9-7-16(23)13-18(19)22(27,30)20(28)24-10-5-11-26(3)4/h6-9,12-13,30H,5,10-11H2,1-4H3,(H,24,28)(H,25,29)/t22-/m0/s1. The third kappa shape index (κ3) is 4.21. The summed E-state index contributed by atoms with van der Waals surface area (Å²) in [4.78, 5) is 29.5. The summed E-state index contributed by atoms with van der Waals surface area (Å²) in [5.41, 5.74) is 0.952. The zero-order valence-electron chi connectivity index (χ0n) is 17.6. The van der Waals surface area contributed by atoms with Crippen LogP contribution in [-0.4, -0.2) is 49.1 Å². The number of carbonyl (C=O) groups is 2. The molecule has 0 spiro atoms. The third-order valence-electron chi connectivity index (χ3n) is 5.26. The number of rotatable bonds is 6. The first-order chi connectivity index (χ1) is 14.1. The molecule has 0 radical (unpaired) electrons. The van der Waals surface area contributed by atoms with Crippen LogP contribution >= 0.6 is 15.9 Å². The molecule has 0 bridgehead atoms. The number of fused-ring (bicyclic) bond motifs is 1. The normalized spacial score (nSPS) is 18.2. The number of urea groups is 1. The van der Waals surface area contributed by atoms with Gasteiger partial charge in [0, 0.05) is 22.3 Å². The van der Waals surface area contributed by atoms with Crippen molar-refractivity contribution in [1.29, 1.82) is 0 Å². The average Bonchev–Trinajstić information content (AvgIpc) is 2.68. The van der Waals surface area contributed by atoms with E-state index in [4.69, 9.17) is 0 Å². The number of halogens is 1. The van der Waals surface area contributed by atoms with Crippen molar-refractivity contribution in [3.8, 4) is 0 Å². The minimum atomic E-state index is -2.19. The maximum atomic E-state index is 13.3. The van der Waals surface area contributed by atoms with Gasteiger partial charge in [-0.1, -0.05) is 22.0 Å². The van der Waals surface area contributed by atoms with E-state index in [1.54, 1.807) is 30.3 Å². The van der Waals surface area contributed by atoms with Crippen molar-refractivity contribution >= 4 is 39.2 Å². The first-order valence-electron chi connectivity index (χ1n) is 9.78. The van der Waals surface area contributed by atoms with Crippen LogP contribution in [0.3, 0.4) is 0 Å². The summed E-state index contributed by atoms with van der Waals surface area (Å²) in [6.45, 7) is 5.06. The Hall–Kier alpha value is -2.42. The van der Waals surface area contributed by atoms with Gasteiger partial charge in [0.25, 0.3) is 11.6 Å². The SMILES string of the molecule is Cc1ccc(N2C(=O)Nc3ccc(Br)cc3[C@]2(O)C(=O)NCCCN(C)C)cc1C. The molecule has 1 aliphatic rings. The average molecular weight is 475 g/mol. The lowest BCUT2D eigenvalue weighted by atomic mass is 9.94. The van der Waals surface area contributed by atoms with E-state index in [9.17, 15) is 14.7 Å². The van der Waals surface area contributed by atoms with E-state index in [1.165, 1.54) is 0 Å². The van der Waals surface area contributed by atoms with Crippen LogP contribution in [-0.2, 0) is 10.5 Å². The summed E-state index contributed by atoms with van der Waals surface area (Å²) in [7, 11) is 3.91. The van der Waals surface area contributed by atoms with E-state index in [1.807, 2.05) is 38.9 Å². The van der Waals surface area contributed by atoms with Crippen molar-refractivity contribution in [3.63, 3.8) is 0 Å². The molecule has 3 amide bonds. The summed E-state index contributed by atoms with van der Waals surface area (Å²) in [6.07, 6.45) is 0.718. The molecule has 2 aromatic carbocycles. The number of hydrogen-bond donors (Lipinski definition) is 3. The first kappa shape index (κ1) is 22.3. The molecule has 0 aromatic heterocycles. The van der Waals surface area contributed by atoms with Gasteiger partial charge < -0.3 is 20.6 Å². The van der Waals surface area contributed by atoms with E-state index in [0.717, 1.165) is 29.0 Å². The molecule has 0 unspecified atom stereocenters. The number of nitrogens with one attached hydrogen (secondary N) is 2. The van der Waals surface area contributed by atoms with E-state index in [-0.39, 0.29) is 0 Å². The fourth-order valence-corrected chi connectivity index (χ4v) is 3.83. The van der Waals surface area contributed by atoms with Crippen LogP contribution < -0.4 is 15.5 Å². The van der Waals surface area contributed by atoms with Gasteiger partial charge >= 0.3 is 6.03 Å². The van der Waals surface area contributed by atoms with Crippen LogP contribution in [0.2, 0.25) is 0 Å². The molecule has 8 heteroatoms. The summed E-state index contributed by atoms with van der Waals surface area (Å²) >= 11 is 3.40. The van der Waals surface area contributed by atoms with Gasteiger partial charge in [-0.05, 0) is 82.4 Å². The molecule has 1 atom stereocenters. The van der Waals surface area contributed by atoms with Crippen molar-refractivity contribution in [2.75, 3.05) is 37.4 Å². The Morgan fingerprint density at radius 1 is 1.20 bits per heavy atom. The fourth-order valence-electron chi connectivity index (χ4n) is 3.47. The second-order valence-corrected chi connectivity index (χ2v) is 8.72. The molecular weight excluding hydrogens is 448 g/mol. The third-order valence-corrected chi connectivity index (χ3v) is 5.75. The molecular formula is C22H27BrN4O3. The lowest BCUT2D eigenvalue weighted by Crippen LogP contribution is -2.62. The Bertz CT molecular complexity index is 979. The Kier molecular flexibility index (Phi) is 6.50. The Labute approximate surface area is 185 Å². The monoisotopic (exact) mass is 474 g/mol. The maximum absolute atomic E-state index is 13.3. The van der Waals surface area contributed by atoms with Crippen molar-refractivity contribution in [1.82, 2.24) is 10.2 Å². The number of nitrogens with zero attached hydrogens (tertiary/aromatic N) is 2. The number of aryl methyl sites for hydroxylation is 2. The van der Waals surface area contributed by atoms with E-state index in [2.05, 4.69) is 26.6 Å². The smallest absolute Gasteiger partial charge is 0.329 e. The zero-order chi connectivity index (χ0) is 22.1. The van der Waals surface area contributed by atoms with Crippen molar-refractivity contribution in [2.45, 2.75) is 26.0 Å². The summed E-state index contributed by atoms with van der Waals surface area (Å²) < 4.78 is 0.691. The molecule has 3 N–H and O–H groups in total. The molecule has 1 aliphatic heterocycles. The molecule has 160 valence electrons. The minimum Gasteiger partial charge on any atom is -0.359 e. The number of hydrogen-bond acceptors (Lipinski definition) is 4. The van der Waals surface area contributed by atoms with Crippen LogP contribution in [0.15, 0.2) is 40.9 Å². The van der Waals surface area contributed by atoms with Crippen LogP contribution in [0, 0.1) is 13.8 Å². The highest BCUT2D eigenvalue weighted by atomic mass is 79.9. The molecule has 0 fully saturated rings. The molecule has 7 nitrogen and oxygen atoms in total. The topological polar surface area (TPSA) is 84.9 Å². The molecule has 3 rings (SSSR count). The number of anilines is 2. The molecule has 0 saturated carbocycles. The van der Waals surface area contributed by atoms with Crippen LogP contribution in [0.4, 0.5) is 16.2 Å². The highest BCUT2D eigenvalue weighted by Crippen LogP contribution is 2.41. The number of carbonyl (C=O) groups excluding carboxylic acids is 2. The van der Waals surface area contributed by atoms with Crippen molar-refractivity contribution in [2.24, 2.45) is 0 Å². The van der Waals surface area contributed by atoms with Crippen LogP contribution in [0.1, 0.15) is 23.1 Å². The van der Waals surface area contributed by atoms with Crippen LogP contribution in [0.25, 0.3) is 0 Å². The van der Waals surface area contributed by atoms with Gasteiger partial charge in [-0.15, -0.1) is 0 Å². The maximum Gasteiger partial charge on any atom is 0.329 e. The highest BCUT2D eigenvalue weighted by Gasteiger charge is 2.52. The lowest BCUT2D eigenvalue weighted by Gasteiger charge is -2.43. The molecule has 30 heavy (non-hydrogen) atoms. The van der Waals surface area contributed by atoms with Crippen molar-refractivity contribution < 1.29 is 14.7 Å². The predicted molar refractivity (Wildman–Crippen MR) is 122 cm³/mol. The van der Waals surface area contributed by atoms with E-state index < -0.39 is 17.7 Å². The molecule has 0 aliphatic carbocycles. The second-order valence-electron chi connectivity index (χ2n) is 7.81. The van der Waals surface area contributed by atoms with Gasteiger partial charge in [0.1, 0.15) is 0 Å². The Balaban J connectivity index is 2.06. The summed E-state index contributed by atoms with van der Waals surface area (Å²) in [5, 5.41) is 17.4. The summed E-state index contributed by atoms with van der Waals surface area (Å²) in [6, 6.07) is 9.89. The van der Waals surface area contributed by atoms with E-state index in [0.29, 0.717) is 28.0 Å². The zero-order valence-corrected chi connectivity index (χ0v) is 19.2. The number of amides is 3. The first-order valence-corrected chi connectivity index (χ1v) is 10.6. The van der Waals surface area contributed by atoms with Gasteiger partial charge in [0.2, 0.25) is 0 Å². The quantitative estimate of drug-likeness (QED) is 0.560. The minimum absolute atomic E-state index is 0.305. The predicted octanol–water partition coefficient (Wildman–Crippen LogP) is 3.33. The second kappa shape index (κ2) is 8.75. The Morgan fingerprint density at radius 2 is 1.93 bits per heavy atom. The van der Waals surface area contributed by atoms with E-state index >= 15 is 0 Å². The van der Waals surface area contributed by atoms with Gasteiger partial charge in [-0.2, -0.15) is 0 Å². The molecule has 0 saturated heterocycles. The van der Waals surface area contributed by atoms with Gasteiger partial charge in [-0.3, -0.25) is 9.69 Å². The number of benzene rings is 2. The lowest BCUT2D eigenvalue weighted by molar-refractivity contribution is -0.140.